The lowest BCUT2D eigenvalue weighted by molar-refractivity contribution is -0.145. The fourth-order valence-electron chi connectivity index (χ4n) is 1.41. The minimum absolute atomic E-state index is 0.0438. The Morgan fingerprint density at radius 3 is 2.15 bits per heavy atom. The van der Waals surface area contributed by atoms with Crippen molar-refractivity contribution in [3.05, 3.63) is 34.5 Å². The summed E-state index contributed by atoms with van der Waals surface area (Å²) in [5, 5.41) is 0.0758. The van der Waals surface area contributed by atoms with Crippen molar-refractivity contribution in [2.24, 2.45) is 0 Å². The first-order chi connectivity index (χ1) is 9.24. The molecule has 0 aliphatic rings. The molecule has 2 aromatic rings. The van der Waals surface area contributed by atoms with Crippen LogP contribution in [0.2, 0.25) is 5.15 Å². The molecule has 0 fully saturated rings. The molecule has 0 N–H and O–H groups in total. The van der Waals surface area contributed by atoms with Crippen LogP contribution in [0.4, 0.5) is 13.2 Å². The summed E-state index contributed by atoms with van der Waals surface area (Å²) in [6.07, 6.45) is -4.65. The van der Waals surface area contributed by atoms with Gasteiger partial charge in [-0.2, -0.15) is 13.2 Å². The Morgan fingerprint density at radius 2 is 1.60 bits per heavy atom. The van der Waals surface area contributed by atoms with Crippen LogP contribution in [0.1, 0.15) is 17.2 Å². The zero-order valence-electron chi connectivity index (χ0n) is 10.4. The standard InChI is InChI=1S/C11H8ClF3N4S/c1-5-3-6(2)17-10(16-5)20-8-4-7(12)18-9(19-8)11(13,14)15/h3-4H,1-2H3. The zero-order valence-corrected chi connectivity index (χ0v) is 11.9. The molecule has 2 rings (SSSR count). The van der Waals surface area contributed by atoms with Crippen molar-refractivity contribution < 1.29 is 13.2 Å². The third kappa shape index (κ3) is 3.80. The Bertz CT molecular complexity index is 628. The maximum absolute atomic E-state index is 12.6. The summed E-state index contributed by atoms with van der Waals surface area (Å²) in [7, 11) is 0. The molecule has 0 radical (unpaired) electrons. The van der Waals surface area contributed by atoms with E-state index in [0.717, 1.165) is 23.1 Å². The number of aromatic nitrogens is 4. The number of rotatable bonds is 2. The quantitative estimate of drug-likeness (QED) is 0.623. The predicted octanol–water partition coefficient (Wildman–Crippen LogP) is 3.71. The molecule has 0 unspecified atom stereocenters. The van der Waals surface area contributed by atoms with Gasteiger partial charge >= 0.3 is 6.18 Å². The molecule has 0 saturated heterocycles. The highest BCUT2D eigenvalue weighted by Crippen LogP contribution is 2.31. The third-order valence-electron chi connectivity index (χ3n) is 2.08. The first kappa shape index (κ1) is 15.0. The Kier molecular flexibility index (Phi) is 4.14. The lowest BCUT2D eigenvalue weighted by Gasteiger charge is -2.07. The molecular formula is C11H8ClF3N4S. The minimum atomic E-state index is -4.65. The summed E-state index contributed by atoms with van der Waals surface area (Å²) in [5.74, 6) is -1.28. The topological polar surface area (TPSA) is 51.6 Å². The lowest BCUT2D eigenvalue weighted by Crippen LogP contribution is -2.11. The Labute approximate surface area is 121 Å². The predicted molar refractivity (Wildman–Crippen MR) is 67.7 cm³/mol. The maximum Gasteiger partial charge on any atom is 0.451 e. The van der Waals surface area contributed by atoms with Gasteiger partial charge < -0.3 is 0 Å². The molecular weight excluding hydrogens is 313 g/mol. The van der Waals surface area contributed by atoms with Gasteiger partial charge in [0.15, 0.2) is 5.16 Å². The summed E-state index contributed by atoms with van der Waals surface area (Å²) >= 11 is 6.48. The summed E-state index contributed by atoms with van der Waals surface area (Å²) in [6, 6.07) is 3.00. The number of halogens is 4. The lowest BCUT2D eigenvalue weighted by atomic mass is 10.4. The van der Waals surface area contributed by atoms with Crippen LogP contribution >= 0.6 is 23.4 Å². The number of nitrogens with zero attached hydrogens (tertiary/aromatic N) is 4. The van der Waals surface area contributed by atoms with E-state index in [2.05, 4.69) is 19.9 Å². The molecule has 20 heavy (non-hydrogen) atoms. The maximum atomic E-state index is 12.6. The first-order valence-corrected chi connectivity index (χ1v) is 6.55. The number of aryl methyl sites for hydroxylation is 2. The smallest absolute Gasteiger partial charge is 0.228 e. The molecule has 0 amide bonds. The summed E-state index contributed by atoms with van der Waals surface area (Å²) in [5.41, 5.74) is 1.44. The van der Waals surface area contributed by atoms with Crippen molar-refractivity contribution in [3.63, 3.8) is 0 Å². The molecule has 0 bridgehead atoms. The molecule has 0 aliphatic carbocycles. The molecule has 0 saturated carbocycles. The van der Waals surface area contributed by atoms with Gasteiger partial charge in [0, 0.05) is 17.5 Å². The van der Waals surface area contributed by atoms with Crippen LogP contribution in [0.15, 0.2) is 22.3 Å². The van der Waals surface area contributed by atoms with Gasteiger partial charge in [-0.15, -0.1) is 0 Å². The van der Waals surface area contributed by atoms with Crippen molar-refractivity contribution in [1.29, 1.82) is 0 Å². The van der Waals surface area contributed by atoms with E-state index in [1.165, 1.54) is 6.07 Å². The molecule has 0 aliphatic heterocycles. The molecule has 2 heterocycles. The van der Waals surface area contributed by atoms with Gasteiger partial charge in [-0.3, -0.25) is 0 Å². The summed E-state index contributed by atoms with van der Waals surface area (Å²) < 4.78 is 37.8. The number of alkyl halides is 3. The van der Waals surface area contributed by atoms with Crippen LogP contribution in [0.3, 0.4) is 0 Å². The fraction of sp³-hybridized carbons (Fsp3) is 0.273. The highest BCUT2D eigenvalue weighted by molar-refractivity contribution is 7.99. The van der Waals surface area contributed by atoms with Crippen LogP contribution in [-0.2, 0) is 6.18 Å². The van der Waals surface area contributed by atoms with Crippen molar-refractivity contribution in [3.8, 4) is 0 Å². The van der Waals surface area contributed by atoms with Crippen LogP contribution in [-0.4, -0.2) is 19.9 Å². The Morgan fingerprint density at radius 1 is 1.00 bits per heavy atom. The van der Waals surface area contributed by atoms with E-state index in [0.29, 0.717) is 5.16 Å². The van der Waals surface area contributed by atoms with Gasteiger partial charge in [-0.25, -0.2) is 19.9 Å². The molecule has 106 valence electrons. The molecule has 2 aromatic heterocycles. The van der Waals surface area contributed by atoms with Crippen LogP contribution in [0.5, 0.6) is 0 Å². The Hall–Kier alpha value is -1.41. The van der Waals surface area contributed by atoms with Gasteiger partial charge in [-0.1, -0.05) is 11.6 Å². The van der Waals surface area contributed by atoms with Crippen LogP contribution in [0, 0.1) is 13.8 Å². The Balaban J connectivity index is 2.36. The second kappa shape index (κ2) is 5.53. The average Bonchev–Trinajstić information content (AvgIpc) is 2.25. The third-order valence-corrected chi connectivity index (χ3v) is 3.06. The van der Waals surface area contributed by atoms with Gasteiger partial charge in [0.1, 0.15) is 10.2 Å². The van der Waals surface area contributed by atoms with E-state index in [9.17, 15) is 13.2 Å². The van der Waals surface area contributed by atoms with Crippen LogP contribution in [0.25, 0.3) is 0 Å². The summed E-state index contributed by atoms with van der Waals surface area (Å²) in [4.78, 5) is 14.8. The molecule has 4 nitrogen and oxygen atoms in total. The number of hydrogen-bond acceptors (Lipinski definition) is 5. The van der Waals surface area contributed by atoms with Crippen molar-refractivity contribution in [1.82, 2.24) is 19.9 Å². The monoisotopic (exact) mass is 320 g/mol. The van der Waals surface area contributed by atoms with Gasteiger partial charge in [0.2, 0.25) is 5.82 Å². The van der Waals surface area contributed by atoms with Crippen LogP contribution < -0.4 is 0 Å². The van der Waals surface area contributed by atoms with Crippen molar-refractivity contribution in [2.45, 2.75) is 30.2 Å². The van der Waals surface area contributed by atoms with Gasteiger partial charge in [0.25, 0.3) is 0 Å². The normalized spacial score (nSPS) is 11.7. The van der Waals surface area contributed by atoms with E-state index in [1.807, 2.05) is 0 Å². The second-order valence-corrected chi connectivity index (χ2v) is 5.26. The largest absolute Gasteiger partial charge is 0.451 e. The van der Waals surface area contributed by atoms with E-state index in [4.69, 9.17) is 11.6 Å². The first-order valence-electron chi connectivity index (χ1n) is 5.36. The van der Waals surface area contributed by atoms with Crippen molar-refractivity contribution in [2.75, 3.05) is 0 Å². The highest BCUT2D eigenvalue weighted by Gasteiger charge is 2.35. The zero-order chi connectivity index (χ0) is 14.9. The number of hydrogen-bond donors (Lipinski definition) is 0. The molecule has 0 aromatic carbocycles. The highest BCUT2D eigenvalue weighted by atomic mass is 35.5. The SMILES string of the molecule is Cc1cc(C)nc(Sc2cc(Cl)nc(C(F)(F)F)n2)n1. The minimum Gasteiger partial charge on any atom is -0.228 e. The molecule has 0 atom stereocenters. The van der Waals surface area contributed by atoms with E-state index < -0.39 is 12.0 Å². The second-order valence-electron chi connectivity index (χ2n) is 3.89. The van der Waals surface area contributed by atoms with Gasteiger partial charge in [-0.05, 0) is 31.7 Å². The van der Waals surface area contributed by atoms with E-state index >= 15 is 0 Å². The van der Waals surface area contributed by atoms with E-state index in [-0.39, 0.29) is 10.2 Å². The van der Waals surface area contributed by atoms with Crippen molar-refractivity contribution >= 4 is 23.4 Å². The average molecular weight is 321 g/mol. The molecule has 9 heteroatoms. The molecule has 0 spiro atoms. The fourth-order valence-corrected chi connectivity index (χ4v) is 2.53. The summed E-state index contributed by atoms with van der Waals surface area (Å²) in [6.45, 7) is 3.54. The van der Waals surface area contributed by atoms with E-state index in [1.54, 1.807) is 19.9 Å². The van der Waals surface area contributed by atoms with Gasteiger partial charge in [0.05, 0.1) is 0 Å².